The zero-order valence-electron chi connectivity index (χ0n) is 16.9. The molecule has 0 aromatic carbocycles. The third kappa shape index (κ3) is 4.02. The molecule has 31 heavy (non-hydrogen) atoms. The Morgan fingerprint density at radius 3 is 2.58 bits per heavy atom. The average Bonchev–Trinajstić information content (AvgIpc) is 3.38. The average molecular weight is 518 g/mol. The number of hydrogen-bond acceptors (Lipinski definition) is 5. The van der Waals surface area contributed by atoms with E-state index in [4.69, 9.17) is 0 Å². The van der Waals surface area contributed by atoms with E-state index in [1.807, 2.05) is 13.8 Å². The summed E-state index contributed by atoms with van der Waals surface area (Å²) in [5.74, 6) is -0.188. The van der Waals surface area contributed by atoms with Crippen LogP contribution in [0.3, 0.4) is 0 Å². The molecule has 3 aromatic heterocycles. The molecule has 0 saturated heterocycles. The number of halogens is 4. The van der Waals surface area contributed by atoms with Crippen molar-refractivity contribution in [2.75, 3.05) is 5.43 Å². The lowest BCUT2D eigenvalue weighted by Crippen LogP contribution is -2.35. The summed E-state index contributed by atoms with van der Waals surface area (Å²) in [6.45, 7) is 5.30. The van der Waals surface area contributed by atoms with Crippen LogP contribution in [0, 0.1) is 20.8 Å². The molecule has 1 amide bonds. The maximum atomic E-state index is 13.2. The quantitative estimate of drug-likeness (QED) is 0.543. The van der Waals surface area contributed by atoms with E-state index >= 15 is 0 Å². The van der Waals surface area contributed by atoms with Crippen molar-refractivity contribution in [2.45, 2.75) is 58.7 Å². The van der Waals surface area contributed by atoms with E-state index in [9.17, 15) is 22.8 Å². The van der Waals surface area contributed by atoms with E-state index in [0.717, 1.165) is 28.0 Å². The van der Waals surface area contributed by atoms with Crippen LogP contribution in [0.25, 0.3) is 10.2 Å². The molecular formula is C19H19BrF3N5O2S. The van der Waals surface area contributed by atoms with Crippen LogP contribution in [0.1, 0.15) is 52.8 Å². The van der Waals surface area contributed by atoms with Crippen molar-refractivity contribution in [1.29, 1.82) is 0 Å². The lowest BCUT2D eigenvalue weighted by Gasteiger charge is -2.12. The van der Waals surface area contributed by atoms with Gasteiger partial charge in [0, 0.05) is 17.2 Å². The third-order valence-corrected chi connectivity index (χ3v) is 7.20. The van der Waals surface area contributed by atoms with Crippen LogP contribution in [-0.2, 0) is 17.5 Å². The standard InChI is InChI=1S/C19H19BrF3N5O2S/c1-8-9(2)31-17-13(8)18(30)28(10(3)24-17)25-12(29)6-7-27-15(11-4-5-11)14(20)16(26-27)19(21,22)23/h11H,4-7H2,1-3H3,(H,25,29). The number of carbonyl (C=O) groups is 1. The van der Waals surface area contributed by atoms with Crippen molar-refractivity contribution >= 4 is 43.4 Å². The van der Waals surface area contributed by atoms with Gasteiger partial charge < -0.3 is 0 Å². The number of fused-ring (bicyclic) bond motifs is 1. The molecule has 1 aliphatic rings. The van der Waals surface area contributed by atoms with E-state index in [1.54, 1.807) is 6.92 Å². The van der Waals surface area contributed by atoms with Crippen molar-refractivity contribution in [1.82, 2.24) is 19.4 Å². The minimum atomic E-state index is -4.59. The number of rotatable bonds is 5. The second-order valence-electron chi connectivity index (χ2n) is 7.59. The highest BCUT2D eigenvalue weighted by Crippen LogP contribution is 2.47. The first-order valence-electron chi connectivity index (χ1n) is 9.61. The Labute approximate surface area is 187 Å². The molecule has 1 aliphatic carbocycles. The van der Waals surface area contributed by atoms with Crippen LogP contribution >= 0.6 is 27.3 Å². The molecule has 0 radical (unpaired) electrons. The van der Waals surface area contributed by atoms with Gasteiger partial charge in [-0.3, -0.25) is 19.7 Å². The number of nitrogens with zero attached hydrogens (tertiary/aromatic N) is 4. The number of nitrogens with one attached hydrogen (secondary N) is 1. The predicted octanol–water partition coefficient (Wildman–Crippen LogP) is 4.40. The van der Waals surface area contributed by atoms with Crippen LogP contribution in [0.15, 0.2) is 9.27 Å². The Morgan fingerprint density at radius 1 is 1.29 bits per heavy atom. The van der Waals surface area contributed by atoms with Gasteiger partial charge in [-0.05, 0) is 55.1 Å². The summed E-state index contributed by atoms with van der Waals surface area (Å²) in [6, 6.07) is 0. The second kappa shape index (κ2) is 7.73. The van der Waals surface area contributed by atoms with Gasteiger partial charge in [0.2, 0.25) is 5.91 Å². The number of thiophene rings is 1. The SMILES string of the molecule is Cc1sc2nc(C)n(NC(=O)CCn3nc(C(F)(F)F)c(Br)c3C3CC3)c(=O)c2c1C. The van der Waals surface area contributed by atoms with E-state index in [-0.39, 0.29) is 28.9 Å². The van der Waals surface area contributed by atoms with Crippen molar-refractivity contribution in [2.24, 2.45) is 0 Å². The number of aromatic nitrogens is 4. The number of carbonyl (C=O) groups excluding carboxylic acids is 1. The van der Waals surface area contributed by atoms with Crippen molar-refractivity contribution < 1.29 is 18.0 Å². The van der Waals surface area contributed by atoms with Gasteiger partial charge in [0.15, 0.2) is 5.69 Å². The fourth-order valence-electron chi connectivity index (χ4n) is 3.47. The molecule has 3 heterocycles. The maximum Gasteiger partial charge on any atom is 0.436 e. The molecule has 12 heteroatoms. The monoisotopic (exact) mass is 517 g/mol. The zero-order valence-corrected chi connectivity index (χ0v) is 19.3. The fraction of sp³-hybridized carbons (Fsp3) is 0.474. The van der Waals surface area contributed by atoms with Gasteiger partial charge in [0.1, 0.15) is 10.7 Å². The van der Waals surface area contributed by atoms with Gasteiger partial charge in [-0.2, -0.15) is 18.3 Å². The number of alkyl halides is 3. The highest BCUT2D eigenvalue weighted by molar-refractivity contribution is 9.10. The Bertz CT molecular complexity index is 1260. The first kappa shape index (κ1) is 22.0. The normalized spacial score (nSPS) is 14.4. The first-order valence-corrected chi connectivity index (χ1v) is 11.2. The topological polar surface area (TPSA) is 81.8 Å². The van der Waals surface area contributed by atoms with E-state index in [0.29, 0.717) is 21.7 Å². The summed E-state index contributed by atoms with van der Waals surface area (Å²) in [5, 5.41) is 4.15. The van der Waals surface area contributed by atoms with E-state index in [2.05, 4.69) is 31.4 Å². The Morgan fingerprint density at radius 2 is 1.97 bits per heavy atom. The van der Waals surface area contributed by atoms with Crippen LogP contribution in [0.4, 0.5) is 13.2 Å². The van der Waals surface area contributed by atoms with Crippen molar-refractivity contribution in [3.8, 4) is 0 Å². The second-order valence-corrected chi connectivity index (χ2v) is 9.59. The summed E-state index contributed by atoms with van der Waals surface area (Å²) >= 11 is 4.45. The van der Waals surface area contributed by atoms with Gasteiger partial charge in [0.05, 0.1) is 22.1 Å². The van der Waals surface area contributed by atoms with Gasteiger partial charge >= 0.3 is 6.18 Å². The number of amides is 1. The summed E-state index contributed by atoms with van der Waals surface area (Å²) in [4.78, 5) is 31.4. The Hall–Kier alpha value is -2.21. The number of hydrogen-bond donors (Lipinski definition) is 1. The van der Waals surface area contributed by atoms with Crippen molar-refractivity contribution in [3.63, 3.8) is 0 Å². The summed E-state index contributed by atoms with van der Waals surface area (Å²) < 4.78 is 42.0. The largest absolute Gasteiger partial charge is 0.436 e. The van der Waals surface area contributed by atoms with Crippen LogP contribution in [-0.4, -0.2) is 25.3 Å². The smallest absolute Gasteiger partial charge is 0.273 e. The molecule has 166 valence electrons. The molecule has 0 atom stereocenters. The predicted molar refractivity (Wildman–Crippen MR) is 114 cm³/mol. The Kier molecular flexibility index (Phi) is 5.49. The molecule has 0 unspecified atom stereocenters. The molecule has 3 aromatic rings. The molecular weight excluding hydrogens is 499 g/mol. The summed E-state index contributed by atoms with van der Waals surface area (Å²) in [6.07, 6.45) is -3.16. The molecule has 0 aliphatic heterocycles. The van der Waals surface area contributed by atoms with Crippen LogP contribution in [0.2, 0.25) is 0 Å². The molecule has 0 bridgehead atoms. The zero-order chi connectivity index (χ0) is 22.7. The van der Waals surface area contributed by atoms with Gasteiger partial charge in [0.25, 0.3) is 5.56 Å². The molecule has 1 N–H and O–H groups in total. The highest BCUT2D eigenvalue weighted by Gasteiger charge is 2.41. The molecule has 1 fully saturated rings. The molecule has 0 spiro atoms. The highest BCUT2D eigenvalue weighted by atomic mass is 79.9. The first-order chi connectivity index (χ1) is 14.5. The Balaban J connectivity index is 1.56. The third-order valence-electron chi connectivity index (χ3n) is 5.32. The summed E-state index contributed by atoms with van der Waals surface area (Å²) in [7, 11) is 0. The number of aryl methyl sites for hydroxylation is 4. The van der Waals surface area contributed by atoms with Gasteiger partial charge in [-0.15, -0.1) is 11.3 Å². The fourth-order valence-corrected chi connectivity index (χ4v) is 5.36. The summed E-state index contributed by atoms with van der Waals surface area (Å²) in [5.41, 5.74) is 2.44. The van der Waals surface area contributed by atoms with Gasteiger partial charge in [-0.1, -0.05) is 0 Å². The van der Waals surface area contributed by atoms with E-state index in [1.165, 1.54) is 16.0 Å². The molecule has 7 nitrogen and oxygen atoms in total. The minimum Gasteiger partial charge on any atom is -0.273 e. The van der Waals surface area contributed by atoms with Gasteiger partial charge in [-0.25, -0.2) is 9.66 Å². The molecule has 4 rings (SSSR count). The van der Waals surface area contributed by atoms with Crippen molar-refractivity contribution in [3.05, 3.63) is 42.5 Å². The minimum absolute atomic E-state index is 0.00214. The molecule has 1 saturated carbocycles. The van der Waals surface area contributed by atoms with Crippen LogP contribution in [0.5, 0.6) is 0 Å². The van der Waals surface area contributed by atoms with Crippen LogP contribution < -0.4 is 11.0 Å². The lowest BCUT2D eigenvalue weighted by molar-refractivity contribution is -0.142. The van der Waals surface area contributed by atoms with E-state index < -0.39 is 17.8 Å². The maximum absolute atomic E-state index is 13.2. The lowest BCUT2D eigenvalue weighted by atomic mass is 10.2.